The third kappa shape index (κ3) is 2.97. The second-order valence-electron chi connectivity index (χ2n) is 10.7. The Balaban J connectivity index is 1.65. The van der Waals surface area contributed by atoms with E-state index in [1.807, 2.05) is 13.8 Å². The van der Waals surface area contributed by atoms with Crippen molar-refractivity contribution in [3.63, 3.8) is 0 Å². The average Bonchev–Trinajstić information content (AvgIpc) is 2.78. The van der Waals surface area contributed by atoms with Crippen molar-refractivity contribution in [2.45, 2.75) is 63.9 Å². The Bertz CT molecular complexity index is 1120. The number of rotatable bonds is 2. The van der Waals surface area contributed by atoms with E-state index in [1.54, 1.807) is 37.5 Å². The second kappa shape index (κ2) is 7.37. The second-order valence-corrected chi connectivity index (χ2v) is 10.7. The molecule has 0 spiro atoms. The van der Waals surface area contributed by atoms with E-state index in [9.17, 15) is 25.2 Å². The minimum absolute atomic E-state index is 0.0380. The van der Waals surface area contributed by atoms with Gasteiger partial charge in [0.2, 0.25) is 0 Å². The predicted octanol–water partition coefficient (Wildman–Crippen LogP) is 2.04. The summed E-state index contributed by atoms with van der Waals surface area (Å²) in [7, 11) is 0. The molecule has 1 aliphatic heterocycles. The number of pyridine rings is 1. The summed E-state index contributed by atoms with van der Waals surface area (Å²) in [5.74, 6) is -0.465. The highest BCUT2D eigenvalue weighted by molar-refractivity contribution is 5.59. The molecule has 0 amide bonds. The number of hydrogen-bond donors (Lipinski definition) is 4. The maximum atomic E-state index is 13.1. The van der Waals surface area contributed by atoms with E-state index in [0.717, 1.165) is 0 Å². The van der Waals surface area contributed by atoms with Crippen molar-refractivity contribution < 1.29 is 29.6 Å². The summed E-state index contributed by atoms with van der Waals surface area (Å²) >= 11 is 0. The van der Waals surface area contributed by atoms with Crippen LogP contribution in [0.4, 0.5) is 0 Å². The number of aromatic nitrogens is 1. The maximum Gasteiger partial charge on any atom is 0.345 e. The lowest BCUT2D eigenvalue weighted by Crippen LogP contribution is -2.70. The molecular formula is C25H31NO7. The molecule has 178 valence electrons. The molecule has 8 nitrogen and oxygen atoms in total. The van der Waals surface area contributed by atoms with Crippen molar-refractivity contribution in [3.05, 3.63) is 46.6 Å². The monoisotopic (exact) mass is 457 g/mol. The minimum atomic E-state index is -1.24. The summed E-state index contributed by atoms with van der Waals surface area (Å²) < 4.78 is 11.9. The van der Waals surface area contributed by atoms with E-state index in [4.69, 9.17) is 9.15 Å². The predicted molar refractivity (Wildman–Crippen MR) is 118 cm³/mol. The van der Waals surface area contributed by atoms with Crippen LogP contribution >= 0.6 is 0 Å². The van der Waals surface area contributed by atoms with Gasteiger partial charge in [-0.2, -0.15) is 0 Å². The van der Waals surface area contributed by atoms with Gasteiger partial charge in [0, 0.05) is 35.4 Å². The molecule has 4 N–H and O–H groups in total. The van der Waals surface area contributed by atoms with Crippen molar-refractivity contribution in [3.8, 4) is 17.1 Å². The fraction of sp³-hybridized carbons (Fsp3) is 0.600. The van der Waals surface area contributed by atoms with E-state index in [2.05, 4.69) is 4.98 Å². The summed E-state index contributed by atoms with van der Waals surface area (Å²) in [4.78, 5) is 17.1. The smallest absolute Gasteiger partial charge is 0.345 e. The fourth-order valence-electron chi connectivity index (χ4n) is 7.08. The van der Waals surface area contributed by atoms with Crippen molar-refractivity contribution >= 4 is 0 Å². The van der Waals surface area contributed by atoms with Gasteiger partial charge in [0.1, 0.15) is 22.7 Å². The number of aliphatic hydroxyl groups is 4. The van der Waals surface area contributed by atoms with Crippen LogP contribution in [0.3, 0.4) is 0 Å². The minimum Gasteiger partial charge on any atom is -0.484 e. The third-order valence-electron chi connectivity index (χ3n) is 8.94. The number of nitrogens with zero attached hydrogens (tertiary/aromatic N) is 1. The van der Waals surface area contributed by atoms with Gasteiger partial charge >= 0.3 is 5.63 Å². The number of aliphatic hydroxyl groups excluding tert-OH is 4. The summed E-state index contributed by atoms with van der Waals surface area (Å²) in [6.07, 6.45) is 1.56. The Morgan fingerprint density at radius 2 is 1.94 bits per heavy atom. The summed E-state index contributed by atoms with van der Waals surface area (Å²) in [5, 5.41) is 43.9. The standard InChI is InChI=1S/C25H31NO7/c1-23-7-6-17(28)24(2,12-27)16(23)10-18(29)25(3)21(23)20(30)19-15(33-25)9-14(32-22(19)31)13-5-4-8-26-11-13/h4-5,8-9,11,16-18,20-21,27-30H,6-7,10,12H2,1-3H3/t16?,17?,18?,20?,21?,23?,24-,25?/m1/s1. The summed E-state index contributed by atoms with van der Waals surface area (Å²) in [5.41, 5.74) is -2.67. The molecule has 2 fully saturated rings. The molecule has 2 saturated carbocycles. The molecule has 0 saturated heterocycles. The Labute approximate surface area is 191 Å². The van der Waals surface area contributed by atoms with Gasteiger partial charge in [-0.3, -0.25) is 4.98 Å². The Hall–Kier alpha value is -2.26. The molecule has 5 rings (SSSR count). The largest absolute Gasteiger partial charge is 0.484 e. The van der Waals surface area contributed by atoms with Crippen molar-refractivity contribution in [2.75, 3.05) is 6.61 Å². The maximum absolute atomic E-state index is 13.1. The number of hydrogen-bond acceptors (Lipinski definition) is 8. The van der Waals surface area contributed by atoms with Crippen LogP contribution < -0.4 is 10.4 Å². The average molecular weight is 458 g/mol. The summed E-state index contributed by atoms with van der Waals surface area (Å²) in [6, 6.07) is 5.05. The molecule has 2 aromatic rings. The normalized spacial score (nSPS) is 42.0. The molecule has 8 atom stereocenters. The van der Waals surface area contributed by atoms with Gasteiger partial charge < -0.3 is 29.6 Å². The zero-order valence-electron chi connectivity index (χ0n) is 19.1. The van der Waals surface area contributed by atoms with Crippen LogP contribution in [0, 0.1) is 22.7 Å². The Morgan fingerprint density at radius 1 is 1.18 bits per heavy atom. The van der Waals surface area contributed by atoms with E-state index in [1.165, 1.54) is 0 Å². The Kier molecular flexibility index (Phi) is 5.03. The van der Waals surface area contributed by atoms with Crippen molar-refractivity contribution in [1.82, 2.24) is 4.98 Å². The zero-order chi connectivity index (χ0) is 23.8. The molecule has 0 radical (unpaired) electrons. The van der Waals surface area contributed by atoms with Crippen LogP contribution in [0.15, 0.2) is 39.8 Å². The molecule has 33 heavy (non-hydrogen) atoms. The highest BCUT2D eigenvalue weighted by atomic mass is 16.5. The van der Waals surface area contributed by atoms with Crippen LogP contribution in [0.2, 0.25) is 0 Å². The van der Waals surface area contributed by atoms with E-state index in [-0.39, 0.29) is 29.6 Å². The molecule has 3 aliphatic rings. The van der Waals surface area contributed by atoms with Crippen LogP contribution in [-0.4, -0.2) is 49.8 Å². The lowest BCUT2D eigenvalue weighted by Gasteiger charge is -2.66. The van der Waals surface area contributed by atoms with Gasteiger partial charge in [0.15, 0.2) is 0 Å². The highest BCUT2D eigenvalue weighted by Crippen LogP contribution is 2.66. The lowest BCUT2D eigenvalue weighted by atomic mass is 9.42. The van der Waals surface area contributed by atoms with E-state index in [0.29, 0.717) is 24.8 Å². The zero-order valence-corrected chi connectivity index (χ0v) is 19.1. The van der Waals surface area contributed by atoms with Gasteiger partial charge in [-0.25, -0.2) is 4.79 Å². The third-order valence-corrected chi connectivity index (χ3v) is 8.94. The Morgan fingerprint density at radius 3 is 2.61 bits per heavy atom. The van der Waals surface area contributed by atoms with Gasteiger partial charge in [0.05, 0.1) is 24.9 Å². The van der Waals surface area contributed by atoms with E-state index < -0.39 is 46.3 Å². The fourth-order valence-corrected chi connectivity index (χ4v) is 7.08. The lowest BCUT2D eigenvalue weighted by molar-refractivity contribution is -0.264. The van der Waals surface area contributed by atoms with Crippen LogP contribution in [0.5, 0.6) is 5.75 Å². The topological polar surface area (TPSA) is 133 Å². The molecular weight excluding hydrogens is 426 g/mol. The van der Waals surface area contributed by atoms with Crippen LogP contribution in [0.1, 0.15) is 51.7 Å². The van der Waals surface area contributed by atoms with Gasteiger partial charge in [-0.15, -0.1) is 0 Å². The summed E-state index contributed by atoms with van der Waals surface area (Å²) in [6.45, 7) is 5.37. The van der Waals surface area contributed by atoms with Crippen LogP contribution in [-0.2, 0) is 0 Å². The molecule has 7 unspecified atom stereocenters. The van der Waals surface area contributed by atoms with Crippen LogP contribution in [0.25, 0.3) is 11.3 Å². The first-order valence-corrected chi connectivity index (χ1v) is 11.5. The first kappa shape index (κ1) is 22.5. The molecule has 3 heterocycles. The quantitative estimate of drug-likeness (QED) is 0.539. The highest BCUT2D eigenvalue weighted by Gasteiger charge is 2.68. The van der Waals surface area contributed by atoms with E-state index >= 15 is 0 Å². The van der Waals surface area contributed by atoms with Gasteiger partial charge in [0.25, 0.3) is 0 Å². The van der Waals surface area contributed by atoms with Gasteiger partial charge in [-0.1, -0.05) is 13.8 Å². The first-order chi connectivity index (χ1) is 15.6. The molecule has 2 aliphatic carbocycles. The first-order valence-electron chi connectivity index (χ1n) is 11.5. The molecule has 0 bridgehead atoms. The molecule has 0 aromatic carbocycles. The number of ether oxygens (including phenoxy) is 1. The van der Waals surface area contributed by atoms with Crippen molar-refractivity contribution in [1.29, 1.82) is 0 Å². The molecule has 8 heteroatoms. The SMILES string of the molecule is CC12CCC(O)[C@](C)(CO)C1CC(O)C1(C)Oc3cc(-c4cccnc4)oc(=O)c3C(O)C21. The molecule has 2 aromatic heterocycles. The number of fused-ring (bicyclic) bond motifs is 4. The van der Waals surface area contributed by atoms with Crippen molar-refractivity contribution in [2.24, 2.45) is 22.7 Å². The van der Waals surface area contributed by atoms with Gasteiger partial charge in [-0.05, 0) is 49.7 Å².